The van der Waals surface area contributed by atoms with Gasteiger partial charge in [-0.25, -0.2) is 4.39 Å². The van der Waals surface area contributed by atoms with Crippen LogP contribution in [0.25, 0.3) is 0 Å². The van der Waals surface area contributed by atoms with E-state index in [4.69, 9.17) is 0 Å². The fraction of sp³-hybridized carbons (Fsp3) is 0.188. The van der Waals surface area contributed by atoms with Crippen molar-refractivity contribution in [2.75, 3.05) is 0 Å². The molecule has 0 aromatic heterocycles. The summed E-state index contributed by atoms with van der Waals surface area (Å²) >= 11 is 0. The maximum atomic E-state index is 14.6. The summed E-state index contributed by atoms with van der Waals surface area (Å²) in [6, 6.07) is 17.4. The number of nitrogens with one attached hydrogen (secondary N) is 1. The maximum Gasteiger partial charge on any atom is 0.217 e. The molecule has 0 heterocycles. The lowest BCUT2D eigenvalue weighted by Crippen LogP contribution is -2.29. The summed E-state index contributed by atoms with van der Waals surface area (Å²) in [5.41, 5.74) is 1.32. The monoisotopic (exact) mass is 257 g/mol. The van der Waals surface area contributed by atoms with Crippen LogP contribution in [0, 0.1) is 0 Å². The minimum Gasteiger partial charge on any atom is -0.346 e. The molecule has 2 unspecified atom stereocenters. The summed E-state index contributed by atoms with van der Waals surface area (Å²) in [6.07, 6.45) is -1.27. The van der Waals surface area contributed by atoms with E-state index < -0.39 is 12.2 Å². The minimum atomic E-state index is -1.27. The van der Waals surface area contributed by atoms with E-state index in [-0.39, 0.29) is 5.91 Å². The SMILES string of the molecule is CC(=O)NC(c1ccccc1)C(F)c1ccccc1. The third-order valence-corrected chi connectivity index (χ3v) is 2.93. The molecule has 0 fully saturated rings. The Balaban J connectivity index is 2.30. The first-order valence-corrected chi connectivity index (χ1v) is 6.19. The van der Waals surface area contributed by atoms with Crippen LogP contribution < -0.4 is 5.32 Å². The third-order valence-electron chi connectivity index (χ3n) is 2.93. The molecule has 2 nitrogen and oxygen atoms in total. The lowest BCUT2D eigenvalue weighted by Gasteiger charge is -2.22. The molecule has 0 spiro atoms. The van der Waals surface area contributed by atoms with Crippen LogP contribution in [0.4, 0.5) is 4.39 Å². The van der Waals surface area contributed by atoms with Gasteiger partial charge >= 0.3 is 0 Å². The number of hydrogen-bond acceptors (Lipinski definition) is 1. The van der Waals surface area contributed by atoms with Gasteiger partial charge in [-0.05, 0) is 11.1 Å². The smallest absolute Gasteiger partial charge is 0.217 e. The third kappa shape index (κ3) is 3.41. The van der Waals surface area contributed by atoms with Gasteiger partial charge in [0.2, 0.25) is 5.91 Å². The van der Waals surface area contributed by atoms with E-state index in [1.54, 1.807) is 24.3 Å². The Kier molecular flexibility index (Phi) is 4.29. The van der Waals surface area contributed by atoms with Crippen molar-refractivity contribution in [1.82, 2.24) is 5.32 Å². The first-order valence-electron chi connectivity index (χ1n) is 6.19. The predicted molar refractivity (Wildman–Crippen MR) is 73.3 cm³/mol. The molecule has 3 heteroatoms. The molecule has 0 aliphatic carbocycles. The number of carbonyl (C=O) groups is 1. The molecule has 0 aliphatic rings. The number of carbonyl (C=O) groups excluding carboxylic acids is 1. The van der Waals surface area contributed by atoms with E-state index in [0.717, 1.165) is 5.56 Å². The summed E-state index contributed by atoms with van der Waals surface area (Å²) in [4.78, 5) is 11.3. The van der Waals surface area contributed by atoms with E-state index in [1.165, 1.54) is 6.92 Å². The summed E-state index contributed by atoms with van der Waals surface area (Å²) in [5, 5.41) is 2.68. The number of amides is 1. The van der Waals surface area contributed by atoms with Gasteiger partial charge in [0, 0.05) is 6.92 Å². The normalized spacial score (nSPS) is 13.6. The summed E-state index contributed by atoms with van der Waals surface area (Å²) in [6.45, 7) is 1.40. The van der Waals surface area contributed by atoms with Crippen molar-refractivity contribution in [2.24, 2.45) is 0 Å². The lowest BCUT2D eigenvalue weighted by atomic mass is 9.97. The topological polar surface area (TPSA) is 29.1 Å². The first kappa shape index (κ1) is 13.3. The van der Waals surface area contributed by atoms with Crippen LogP contribution >= 0.6 is 0 Å². The van der Waals surface area contributed by atoms with Crippen molar-refractivity contribution in [2.45, 2.75) is 19.1 Å². The number of halogens is 1. The largest absolute Gasteiger partial charge is 0.346 e. The van der Waals surface area contributed by atoms with Crippen molar-refractivity contribution in [3.05, 3.63) is 71.8 Å². The maximum absolute atomic E-state index is 14.6. The molecule has 1 amide bonds. The molecule has 0 saturated carbocycles. The molecule has 2 aromatic carbocycles. The van der Waals surface area contributed by atoms with Gasteiger partial charge < -0.3 is 5.32 Å². The van der Waals surface area contributed by atoms with Crippen LogP contribution in [0.15, 0.2) is 60.7 Å². The highest BCUT2D eigenvalue weighted by Crippen LogP contribution is 2.31. The molecule has 2 atom stereocenters. The van der Waals surface area contributed by atoms with Crippen LogP contribution in [0.2, 0.25) is 0 Å². The first-order chi connectivity index (χ1) is 9.18. The Bertz CT molecular complexity index is 527. The van der Waals surface area contributed by atoms with E-state index in [9.17, 15) is 9.18 Å². The zero-order chi connectivity index (χ0) is 13.7. The van der Waals surface area contributed by atoms with Crippen LogP contribution in [-0.2, 0) is 4.79 Å². The molecule has 1 N–H and O–H groups in total. The Morgan fingerprint density at radius 1 is 0.947 bits per heavy atom. The summed E-state index contributed by atoms with van der Waals surface area (Å²) < 4.78 is 14.6. The number of hydrogen-bond donors (Lipinski definition) is 1. The average Bonchev–Trinajstić information content (AvgIpc) is 2.46. The van der Waals surface area contributed by atoms with Gasteiger partial charge in [0.05, 0.1) is 6.04 Å². The van der Waals surface area contributed by atoms with Gasteiger partial charge in [0.1, 0.15) is 6.17 Å². The highest BCUT2D eigenvalue weighted by Gasteiger charge is 2.24. The second-order valence-electron chi connectivity index (χ2n) is 4.40. The molecule has 0 bridgehead atoms. The summed E-state index contributed by atoms with van der Waals surface area (Å²) in [5.74, 6) is -0.243. The molecule has 2 rings (SSSR count). The van der Waals surface area contributed by atoms with Crippen molar-refractivity contribution in [3.63, 3.8) is 0 Å². The second kappa shape index (κ2) is 6.14. The Morgan fingerprint density at radius 2 is 1.42 bits per heavy atom. The lowest BCUT2D eigenvalue weighted by molar-refractivity contribution is -0.120. The van der Waals surface area contributed by atoms with E-state index in [2.05, 4.69) is 5.32 Å². The Morgan fingerprint density at radius 3 is 1.89 bits per heavy atom. The van der Waals surface area contributed by atoms with Crippen LogP contribution in [-0.4, -0.2) is 5.91 Å². The van der Waals surface area contributed by atoms with Gasteiger partial charge in [0.15, 0.2) is 0 Å². The molecular formula is C16H16FNO. The van der Waals surface area contributed by atoms with Crippen molar-refractivity contribution < 1.29 is 9.18 Å². The van der Waals surface area contributed by atoms with Crippen LogP contribution in [0.1, 0.15) is 30.3 Å². The number of rotatable bonds is 4. The standard InChI is InChI=1S/C16H16FNO/c1-12(19)18-16(14-10-6-3-7-11-14)15(17)13-8-4-2-5-9-13/h2-11,15-16H,1H3,(H,18,19). The Labute approximate surface area is 112 Å². The molecular weight excluding hydrogens is 241 g/mol. The van der Waals surface area contributed by atoms with Gasteiger partial charge in [-0.3, -0.25) is 4.79 Å². The van der Waals surface area contributed by atoms with E-state index in [0.29, 0.717) is 5.56 Å². The highest BCUT2D eigenvalue weighted by atomic mass is 19.1. The quantitative estimate of drug-likeness (QED) is 0.891. The van der Waals surface area contributed by atoms with Crippen LogP contribution in [0.5, 0.6) is 0 Å². The average molecular weight is 257 g/mol. The van der Waals surface area contributed by atoms with E-state index >= 15 is 0 Å². The molecule has 2 aromatic rings. The molecule has 0 radical (unpaired) electrons. The molecule has 0 saturated heterocycles. The number of alkyl halides is 1. The number of benzene rings is 2. The molecule has 0 aliphatic heterocycles. The van der Waals surface area contributed by atoms with Crippen LogP contribution in [0.3, 0.4) is 0 Å². The zero-order valence-corrected chi connectivity index (χ0v) is 10.7. The van der Waals surface area contributed by atoms with Gasteiger partial charge in [0.25, 0.3) is 0 Å². The molecule has 19 heavy (non-hydrogen) atoms. The van der Waals surface area contributed by atoms with Crippen molar-refractivity contribution >= 4 is 5.91 Å². The van der Waals surface area contributed by atoms with E-state index in [1.807, 2.05) is 36.4 Å². The second-order valence-corrected chi connectivity index (χ2v) is 4.40. The summed E-state index contributed by atoms with van der Waals surface area (Å²) in [7, 11) is 0. The van der Waals surface area contributed by atoms with Crippen molar-refractivity contribution in [1.29, 1.82) is 0 Å². The highest BCUT2D eigenvalue weighted by molar-refractivity contribution is 5.73. The zero-order valence-electron chi connectivity index (χ0n) is 10.7. The fourth-order valence-corrected chi connectivity index (χ4v) is 2.03. The minimum absolute atomic E-state index is 0.243. The Hall–Kier alpha value is -2.16. The van der Waals surface area contributed by atoms with Gasteiger partial charge in [-0.2, -0.15) is 0 Å². The van der Waals surface area contributed by atoms with Crippen molar-refractivity contribution in [3.8, 4) is 0 Å². The van der Waals surface area contributed by atoms with Gasteiger partial charge in [-0.1, -0.05) is 60.7 Å². The van der Waals surface area contributed by atoms with Gasteiger partial charge in [-0.15, -0.1) is 0 Å². The predicted octanol–water partition coefficient (Wildman–Crippen LogP) is 3.57. The molecule has 98 valence electrons. The fourth-order valence-electron chi connectivity index (χ4n) is 2.03.